The van der Waals surface area contributed by atoms with E-state index in [1.54, 1.807) is 6.07 Å². The predicted molar refractivity (Wildman–Crippen MR) is 107 cm³/mol. The maximum Gasteiger partial charge on any atom is 0.416 e. The van der Waals surface area contributed by atoms with Crippen LogP contribution >= 0.6 is 11.8 Å². The fourth-order valence-electron chi connectivity index (χ4n) is 3.14. The average Bonchev–Trinajstić information content (AvgIpc) is 3.19. The third kappa shape index (κ3) is 5.21. The van der Waals surface area contributed by atoms with Crippen molar-refractivity contribution in [2.24, 2.45) is 0 Å². The minimum Gasteiger partial charge on any atom is -0.481 e. The summed E-state index contributed by atoms with van der Waals surface area (Å²) in [6.45, 7) is 3.32. The number of aromatic nitrogens is 3. The number of aromatic amines is 1. The van der Waals surface area contributed by atoms with Gasteiger partial charge in [-0.2, -0.15) is 28.6 Å². The van der Waals surface area contributed by atoms with Crippen molar-refractivity contribution in [2.45, 2.75) is 43.0 Å². The number of aryl methyl sites for hydroxylation is 3. The highest BCUT2D eigenvalue weighted by Crippen LogP contribution is 2.42. The van der Waals surface area contributed by atoms with Gasteiger partial charge in [-0.05, 0) is 60.7 Å². The van der Waals surface area contributed by atoms with E-state index in [0.717, 1.165) is 22.1 Å². The highest BCUT2D eigenvalue weighted by molar-refractivity contribution is 7.99. The molecule has 0 saturated heterocycles. The molecule has 0 amide bonds. The van der Waals surface area contributed by atoms with Crippen molar-refractivity contribution >= 4 is 17.7 Å². The van der Waals surface area contributed by atoms with Gasteiger partial charge in [0.1, 0.15) is 5.69 Å². The Balaban J connectivity index is 1.94. The molecule has 0 bridgehead atoms. The van der Waals surface area contributed by atoms with Crippen molar-refractivity contribution in [3.05, 3.63) is 76.1 Å². The number of halogens is 3. The van der Waals surface area contributed by atoms with Crippen LogP contribution in [-0.2, 0) is 17.4 Å². The number of nitrogens with zero attached hydrogens (tertiary/aromatic N) is 2. The van der Waals surface area contributed by atoms with Crippen LogP contribution in [0.25, 0.3) is 0 Å². The first-order valence-corrected chi connectivity index (χ1v) is 10.0. The molecule has 30 heavy (non-hydrogen) atoms. The summed E-state index contributed by atoms with van der Waals surface area (Å²) >= 11 is 1.37. The molecule has 1 unspecified atom stereocenters. The monoisotopic (exact) mass is 435 g/mol. The average molecular weight is 435 g/mol. The molecule has 158 valence electrons. The molecule has 0 radical (unpaired) electrons. The van der Waals surface area contributed by atoms with E-state index in [0.29, 0.717) is 17.7 Å². The van der Waals surface area contributed by atoms with E-state index in [1.165, 1.54) is 30.9 Å². The largest absolute Gasteiger partial charge is 0.481 e. The van der Waals surface area contributed by atoms with Crippen LogP contribution in [0.4, 0.5) is 13.2 Å². The zero-order chi connectivity index (χ0) is 21.9. The van der Waals surface area contributed by atoms with Gasteiger partial charge in [0.2, 0.25) is 0 Å². The van der Waals surface area contributed by atoms with E-state index in [9.17, 15) is 18.0 Å². The van der Waals surface area contributed by atoms with Gasteiger partial charge in [0.05, 0.1) is 17.0 Å². The Labute approximate surface area is 175 Å². The third-order valence-corrected chi connectivity index (χ3v) is 6.02. The van der Waals surface area contributed by atoms with E-state index in [4.69, 9.17) is 5.11 Å². The number of hydrogen-bond acceptors (Lipinski definition) is 4. The lowest BCUT2D eigenvalue weighted by Crippen LogP contribution is -2.09. The minimum atomic E-state index is -4.44. The Kier molecular flexibility index (Phi) is 6.50. The van der Waals surface area contributed by atoms with Gasteiger partial charge in [0, 0.05) is 11.3 Å². The lowest BCUT2D eigenvalue weighted by Gasteiger charge is -2.18. The van der Waals surface area contributed by atoms with Crippen molar-refractivity contribution in [3.8, 4) is 0 Å². The molecule has 3 rings (SSSR count). The standard InChI is InChI=1S/C21H20F3N3O2S/c1-12-3-4-15(10-17(12)21(22,23)24)20(18-11-25-27-26-18)30-16-7-5-14(13(2)9-16)6-8-19(28)29/h3-5,7,9-11,20H,6,8H2,1-2H3,(H,28,29)(H,25,26,27). The van der Waals surface area contributed by atoms with E-state index in [-0.39, 0.29) is 12.0 Å². The van der Waals surface area contributed by atoms with Crippen molar-refractivity contribution in [1.29, 1.82) is 0 Å². The van der Waals surface area contributed by atoms with Crippen LogP contribution in [0.3, 0.4) is 0 Å². The second-order valence-corrected chi connectivity index (χ2v) is 8.13. The summed E-state index contributed by atoms with van der Waals surface area (Å²) in [5.41, 5.74) is 2.33. The van der Waals surface area contributed by atoms with Crippen LogP contribution in [0.1, 0.15) is 45.2 Å². The van der Waals surface area contributed by atoms with E-state index < -0.39 is 23.0 Å². The Hall–Kier alpha value is -2.81. The molecule has 9 heteroatoms. The van der Waals surface area contributed by atoms with E-state index in [2.05, 4.69) is 15.4 Å². The van der Waals surface area contributed by atoms with Gasteiger partial charge in [-0.15, -0.1) is 11.8 Å². The number of nitrogens with one attached hydrogen (secondary N) is 1. The molecule has 1 heterocycles. The molecular formula is C21H20F3N3O2S. The Morgan fingerprint density at radius 3 is 2.53 bits per heavy atom. The summed E-state index contributed by atoms with van der Waals surface area (Å²) < 4.78 is 40.2. The quantitative estimate of drug-likeness (QED) is 0.490. The molecule has 3 aromatic rings. The third-order valence-electron chi connectivity index (χ3n) is 4.75. The first-order chi connectivity index (χ1) is 14.1. The zero-order valence-electron chi connectivity index (χ0n) is 16.3. The number of rotatable bonds is 7. The predicted octanol–water partition coefficient (Wildman–Crippen LogP) is 5.34. The van der Waals surface area contributed by atoms with Crippen LogP contribution in [0.2, 0.25) is 0 Å². The van der Waals surface area contributed by atoms with E-state index in [1.807, 2.05) is 25.1 Å². The summed E-state index contributed by atoms with van der Waals surface area (Å²) in [6.07, 6.45) is -2.48. The van der Waals surface area contributed by atoms with Crippen LogP contribution in [0.5, 0.6) is 0 Å². The summed E-state index contributed by atoms with van der Waals surface area (Å²) in [4.78, 5) is 11.6. The van der Waals surface area contributed by atoms with Crippen LogP contribution in [0, 0.1) is 13.8 Å². The molecule has 5 nitrogen and oxygen atoms in total. The summed E-state index contributed by atoms with van der Waals surface area (Å²) in [6, 6.07) is 9.91. The Morgan fingerprint density at radius 2 is 1.93 bits per heavy atom. The lowest BCUT2D eigenvalue weighted by molar-refractivity contribution is -0.138. The van der Waals surface area contributed by atoms with Crippen molar-refractivity contribution in [1.82, 2.24) is 15.4 Å². The van der Waals surface area contributed by atoms with Crippen LogP contribution in [-0.4, -0.2) is 26.5 Å². The lowest BCUT2D eigenvalue weighted by atomic mass is 10.0. The Morgan fingerprint density at radius 1 is 1.17 bits per heavy atom. The first kappa shape index (κ1) is 21.9. The number of carbonyl (C=O) groups is 1. The second-order valence-electron chi connectivity index (χ2n) is 6.95. The summed E-state index contributed by atoms with van der Waals surface area (Å²) in [5.74, 6) is -0.862. The number of carboxylic acids is 1. The zero-order valence-corrected chi connectivity index (χ0v) is 17.1. The number of alkyl halides is 3. The molecule has 0 fully saturated rings. The molecule has 1 atom stereocenters. The van der Waals surface area contributed by atoms with Gasteiger partial charge in [-0.3, -0.25) is 4.79 Å². The normalized spacial score (nSPS) is 12.7. The highest BCUT2D eigenvalue weighted by atomic mass is 32.2. The number of H-pyrrole nitrogens is 1. The number of carboxylic acid groups (broad SMARTS) is 1. The van der Waals surface area contributed by atoms with Crippen LogP contribution < -0.4 is 0 Å². The van der Waals surface area contributed by atoms with Crippen molar-refractivity contribution in [2.75, 3.05) is 0 Å². The minimum absolute atomic E-state index is 0.0402. The van der Waals surface area contributed by atoms with Crippen molar-refractivity contribution < 1.29 is 23.1 Å². The number of thioether (sulfide) groups is 1. The summed E-state index contributed by atoms with van der Waals surface area (Å²) in [5, 5.41) is 18.8. The highest BCUT2D eigenvalue weighted by Gasteiger charge is 2.33. The van der Waals surface area contributed by atoms with Crippen LogP contribution in [0.15, 0.2) is 47.5 Å². The molecule has 2 N–H and O–H groups in total. The topological polar surface area (TPSA) is 78.9 Å². The molecular weight excluding hydrogens is 415 g/mol. The van der Waals surface area contributed by atoms with Gasteiger partial charge in [0.25, 0.3) is 0 Å². The van der Waals surface area contributed by atoms with Gasteiger partial charge in [-0.25, -0.2) is 0 Å². The van der Waals surface area contributed by atoms with Gasteiger partial charge in [0.15, 0.2) is 0 Å². The molecule has 1 aromatic heterocycles. The molecule has 2 aromatic carbocycles. The molecule has 0 saturated carbocycles. The SMILES string of the molecule is Cc1cc(SC(c2ccc(C)c(C(F)(F)F)c2)c2cn[nH]n2)ccc1CCC(=O)O. The molecule has 0 aliphatic carbocycles. The molecule has 0 aliphatic rings. The smallest absolute Gasteiger partial charge is 0.416 e. The first-order valence-electron chi connectivity index (χ1n) is 9.16. The van der Waals surface area contributed by atoms with Gasteiger partial charge >= 0.3 is 12.1 Å². The fourth-order valence-corrected chi connectivity index (χ4v) is 4.32. The van der Waals surface area contributed by atoms with E-state index >= 15 is 0 Å². The summed E-state index contributed by atoms with van der Waals surface area (Å²) in [7, 11) is 0. The number of aliphatic carboxylic acids is 1. The van der Waals surface area contributed by atoms with Gasteiger partial charge < -0.3 is 5.11 Å². The number of benzene rings is 2. The van der Waals surface area contributed by atoms with Gasteiger partial charge in [-0.1, -0.05) is 18.2 Å². The molecule has 0 aliphatic heterocycles. The Bertz CT molecular complexity index is 1040. The maximum absolute atomic E-state index is 13.4. The fraction of sp³-hybridized carbons (Fsp3) is 0.286. The second kappa shape index (κ2) is 8.91. The van der Waals surface area contributed by atoms with Crippen molar-refractivity contribution in [3.63, 3.8) is 0 Å². The molecule has 0 spiro atoms. The number of hydrogen-bond donors (Lipinski definition) is 2. The maximum atomic E-state index is 13.4.